The highest BCUT2D eigenvalue weighted by atomic mass is 16.7. The highest BCUT2D eigenvalue weighted by Crippen LogP contribution is 2.21. The van der Waals surface area contributed by atoms with Gasteiger partial charge in [0.2, 0.25) is 0 Å². The molecule has 6 heteroatoms. The molecule has 0 aromatic carbocycles. The Hall–Kier alpha value is -2.37. The van der Waals surface area contributed by atoms with E-state index in [1.807, 2.05) is 0 Å². The van der Waals surface area contributed by atoms with Gasteiger partial charge in [-0.1, -0.05) is 5.16 Å². The molecule has 0 saturated heterocycles. The fourth-order valence-corrected chi connectivity index (χ4v) is 1.04. The number of ether oxygens (including phenoxy) is 1. The first-order valence-corrected chi connectivity index (χ1v) is 4.03. The molecule has 0 aliphatic heterocycles. The second-order valence-corrected chi connectivity index (χ2v) is 2.64. The van der Waals surface area contributed by atoms with Crippen molar-refractivity contribution >= 4 is 6.16 Å². The second kappa shape index (κ2) is 3.79. The summed E-state index contributed by atoms with van der Waals surface area (Å²) in [5.41, 5.74) is 1.20. The molecule has 0 saturated carbocycles. The average molecular weight is 206 g/mol. The van der Waals surface area contributed by atoms with E-state index < -0.39 is 6.16 Å². The van der Waals surface area contributed by atoms with Gasteiger partial charge in [0.05, 0.1) is 6.07 Å². The minimum absolute atomic E-state index is 0.165. The van der Waals surface area contributed by atoms with Gasteiger partial charge in [-0.05, 0) is 12.1 Å². The van der Waals surface area contributed by atoms with Crippen molar-refractivity contribution in [2.75, 3.05) is 0 Å². The Morgan fingerprint density at radius 3 is 3.07 bits per heavy atom. The first-order chi connectivity index (χ1) is 7.25. The van der Waals surface area contributed by atoms with Crippen molar-refractivity contribution in [1.82, 2.24) is 10.1 Å². The van der Waals surface area contributed by atoms with E-state index in [9.17, 15) is 4.79 Å². The van der Waals surface area contributed by atoms with Gasteiger partial charge in [-0.25, -0.2) is 4.79 Å². The molecule has 2 aromatic heterocycles. The molecule has 76 valence electrons. The number of carbonyl (C=O) groups is 1. The first-order valence-electron chi connectivity index (χ1n) is 4.03. The van der Waals surface area contributed by atoms with Crippen LogP contribution in [0.2, 0.25) is 0 Å². The molecule has 0 amide bonds. The topological polar surface area (TPSA) is 85.5 Å². The van der Waals surface area contributed by atoms with Crippen LogP contribution in [0.25, 0.3) is 11.3 Å². The van der Waals surface area contributed by atoms with Crippen LogP contribution >= 0.6 is 0 Å². The molecule has 2 rings (SSSR count). The number of rotatable bonds is 2. The van der Waals surface area contributed by atoms with Crippen LogP contribution in [0.4, 0.5) is 4.79 Å². The minimum Gasteiger partial charge on any atom is -0.449 e. The van der Waals surface area contributed by atoms with E-state index in [2.05, 4.69) is 19.4 Å². The molecule has 0 unspecified atom stereocenters. The van der Waals surface area contributed by atoms with Crippen LogP contribution < -0.4 is 4.74 Å². The molecule has 6 nitrogen and oxygen atoms in total. The first kappa shape index (κ1) is 9.20. The molecular weight excluding hydrogens is 200 g/mol. The van der Waals surface area contributed by atoms with Crippen molar-refractivity contribution in [3.8, 4) is 17.2 Å². The van der Waals surface area contributed by atoms with Gasteiger partial charge in [-0.15, -0.1) is 0 Å². The Morgan fingerprint density at radius 1 is 1.53 bits per heavy atom. The lowest BCUT2D eigenvalue weighted by Crippen LogP contribution is -2.01. The van der Waals surface area contributed by atoms with E-state index in [-0.39, 0.29) is 5.95 Å². The number of hydrogen-bond donors (Lipinski definition) is 1. The van der Waals surface area contributed by atoms with Gasteiger partial charge in [0.1, 0.15) is 5.69 Å². The van der Waals surface area contributed by atoms with E-state index in [1.54, 1.807) is 24.5 Å². The zero-order valence-corrected chi connectivity index (χ0v) is 7.45. The number of carboxylic acid groups (broad SMARTS) is 1. The van der Waals surface area contributed by atoms with Crippen LogP contribution in [-0.2, 0) is 0 Å². The van der Waals surface area contributed by atoms with Gasteiger partial charge in [-0.3, -0.25) is 4.98 Å². The van der Waals surface area contributed by atoms with Crippen LogP contribution in [0.5, 0.6) is 5.95 Å². The van der Waals surface area contributed by atoms with Crippen molar-refractivity contribution in [2.45, 2.75) is 0 Å². The summed E-state index contributed by atoms with van der Waals surface area (Å²) in [6.45, 7) is 0. The molecule has 2 aromatic rings. The van der Waals surface area contributed by atoms with E-state index >= 15 is 0 Å². The summed E-state index contributed by atoms with van der Waals surface area (Å²) >= 11 is 0. The minimum atomic E-state index is -1.44. The zero-order chi connectivity index (χ0) is 10.7. The van der Waals surface area contributed by atoms with Crippen molar-refractivity contribution in [3.63, 3.8) is 0 Å². The SMILES string of the molecule is O=C(O)Oc1cc(-c2cccnc2)no1. The van der Waals surface area contributed by atoms with Gasteiger partial charge in [0.15, 0.2) is 0 Å². The highest BCUT2D eigenvalue weighted by molar-refractivity contribution is 5.62. The molecule has 0 radical (unpaired) electrons. The van der Waals surface area contributed by atoms with Gasteiger partial charge in [-0.2, -0.15) is 0 Å². The summed E-state index contributed by atoms with van der Waals surface area (Å²) in [4.78, 5) is 14.1. The maximum absolute atomic E-state index is 10.2. The second-order valence-electron chi connectivity index (χ2n) is 2.64. The van der Waals surface area contributed by atoms with E-state index in [4.69, 9.17) is 5.11 Å². The molecule has 0 aliphatic carbocycles. The van der Waals surface area contributed by atoms with Gasteiger partial charge < -0.3 is 14.4 Å². The standard InChI is InChI=1S/C9H6N2O4/c12-9(13)14-8-4-7(11-15-8)6-2-1-3-10-5-6/h1-5H,(H,12,13). The molecule has 0 spiro atoms. The van der Waals surface area contributed by atoms with Crippen LogP contribution in [0.1, 0.15) is 0 Å². The van der Waals surface area contributed by atoms with Crippen molar-refractivity contribution in [2.24, 2.45) is 0 Å². The molecule has 1 N–H and O–H groups in total. The largest absolute Gasteiger partial charge is 0.513 e. The van der Waals surface area contributed by atoms with E-state index in [0.29, 0.717) is 5.69 Å². The maximum atomic E-state index is 10.2. The number of nitrogens with zero attached hydrogens (tertiary/aromatic N) is 2. The lowest BCUT2D eigenvalue weighted by Gasteiger charge is -1.90. The van der Waals surface area contributed by atoms with Crippen LogP contribution in [0, 0.1) is 0 Å². The lowest BCUT2D eigenvalue weighted by atomic mass is 10.2. The third-order valence-electron chi connectivity index (χ3n) is 1.63. The molecule has 2 heterocycles. The van der Waals surface area contributed by atoms with Crippen LogP contribution in [-0.4, -0.2) is 21.4 Å². The predicted molar refractivity (Wildman–Crippen MR) is 48.4 cm³/mol. The third-order valence-corrected chi connectivity index (χ3v) is 1.63. The normalized spacial score (nSPS) is 9.87. The number of pyridine rings is 1. The quantitative estimate of drug-likeness (QED) is 0.754. The Balaban J connectivity index is 2.24. The Bertz CT molecular complexity index is 466. The lowest BCUT2D eigenvalue weighted by molar-refractivity contribution is 0.128. The smallest absolute Gasteiger partial charge is 0.449 e. The van der Waals surface area contributed by atoms with Crippen LogP contribution in [0.3, 0.4) is 0 Å². The highest BCUT2D eigenvalue weighted by Gasteiger charge is 2.09. The molecule has 0 atom stereocenters. The molecule has 0 fully saturated rings. The Kier molecular flexibility index (Phi) is 2.32. The number of aromatic nitrogens is 2. The van der Waals surface area contributed by atoms with Crippen LogP contribution in [0.15, 0.2) is 35.1 Å². The summed E-state index contributed by atoms with van der Waals surface area (Å²) in [5, 5.41) is 12.0. The summed E-state index contributed by atoms with van der Waals surface area (Å²) in [6.07, 6.45) is 1.77. The van der Waals surface area contributed by atoms with Crippen molar-refractivity contribution in [3.05, 3.63) is 30.6 Å². The maximum Gasteiger partial charge on any atom is 0.513 e. The molecule has 0 aliphatic rings. The molecular formula is C9H6N2O4. The third kappa shape index (κ3) is 2.11. The Morgan fingerprint density at radius 2 is 2.40 bits per heavy atom. The zero-order valence-electron chi connectivity index (χ0n) is 7.45. The molecule has 0 bridgehead atoms. The summed E-state index contributed by atoms with van der Waals surface area (Å²) in [5.74, 6) is -0.165. The van der Waals surface area contributed by atoms with E-state index in [0.717, 1.165) is 5.56 Å². The molecule has 15 heavy (non-hydrogen) atoms. The number of hydrogen-bond acceptors (Lipinski definition) is 5. The fourth-order valence-electron chi connectivity index (χ4n) is 1.04. The summed E-state index contributed by atoms with van der Waals surface area (Å²) < 4.78 is 8.93. The average Bonchev–Trinajstić information content (AvgIpc) is 2.67. The Labute approximate surface area is 84.1 Å². The fraction of sp³-hybridized carbons (Fsp3) is 0. The summed E-state index contributed by atoms with van der Waals surface area (Å²) in [6, 6.07) is 4.89. The van der Waals surface area contributed by atoms with Crippen molar-refractivity contribution < 1.29 is 19.2 Å². The van der Waals surface area contributed by atoms with Gasteiger partial charge in [0.25, 0.3) is 0 Å². The van der Waals surface area contributed by atoms with Gasteiger partial charge >= 0.3 is 12.1 Å². The monoisotopic (exact) mass is 206 g/mol. The predicted octanol–water partition coefficient (Wildman–Crippen LogP) is 1.79. The van der Waals surface area contributed by atoms with Gasteiger partial charge in [0, 0.05) is 18.0 Å². The van der Waals surface area contributed by atoms with E-state index in [1.165, 1.54) is 6.07 Å². The van der Waals surface area contributed by atoms with Crippen molar-refractivity contribution in [1.29, 1.82) is 0 Å². The summed E-state index contributed by atoms with van der Waals surface area (Å²) in [7, 11) is 0.